The number of aromatic nitrogens is 6. The summed E-state index contributed by atoms with van der Waals surface area (Å²) < 4.78 is 25.3. The highest BCUT2D eigenvalue weighted by Gasteiger charge is 2.20. The molecule has 3 rings (SSSR count). The van der Waals surface area contributed by atoms with Crippen molar-refractivity contribution in [2.24, 2.45) is 5.92 Å². The van der Waals surface area contributed by atoms with E-state index in [4.69, 9.17) is 11.6 Å². The Morgan fingerprint density at radius 1 is 1.10 bits per heavy atom. The molecule has 0 saturated carbocycles. The molecule has 0 saturated heterocycles. The van der Waals surface area contributed by atoms with Gasteiger partial charge in [-0.3, -0.25) is 9.36 Å². The highest BCUT2D eigenvalue weighted by atomic mass is 35.5. The van der Waals surface area contributed by atoms with Crippen LogP contribution in [0.25, 0.3) is 11.2 Å². The van der Waals surface area contributed by atoms with Gasteiger partial charge in [-0.05, 0) is 24.4 Å². The maximum absolute atomic E-state index is 13.1. The Balaban J connectivity index is 1.96. The fourth-order valence-electron chi connectivity index (χ4n) is 2.70. The van der Waals surface area contributed by atoms with E-state index < -0.39 is 9.84 Å². The standard InChI is InChI=1S/C18H22ClN7O3S/c1-5-30(28,29)12-6-20-14(21-7-12)9-22-15-17(27)26(11(4)10(2)3)16-13(24-15)8-23-18(19)25-16/h6-8,10-11H,5,9H2,1-4H3,(H,22,24)/t11-/m1/s1. The van der Waals surface area contributed by atoms with E-state index >= 15 is 0 Å². The first-order valence-electron chi connectivity index (χ1n) is 9.36. The van der Waals surface area contributed by atoms with Crippen LogP contribution in [0.5, 0.6) is 0 Å². The molecule has 0 spiro atoms. The summed E-state index contributed by atoms with van der Waals surface area (Å²) in [6, 6.07) is -0.163. The van der Waals surface area contributed by atoms with E-state index in [0.717, 1.165) is 0 Å². The van der Waals surface area contributed by atoms with E-state index in [-0.39, 0.29) is 45.8 Å². The Labute approximate surface area is 178 Å². The number of anilines is 1. The highest BCUT2D eigenvalue weighted by Crippen LogP contribution is 2.21. The molecule has 3 heterocycles. The quantitative estimate of drug-likeness (QED) is 0.536. The molecule has 1 N–H and O–H groups in total. The van der Waals surface area contributed by atoms with Crippen LogP contribution in [0.2, 0.25) is 5.28 Å². The third-order valence-corrected chi connectivity index (χ3v) is 6.68. The molecule has 0 fully saturated rings. The van der Waals surface area contributed by atoms with Crippen LogP contribution < -0.4 is 10.9 Å². The van der Waals surface area contributed by atoms with Crippen LogP contribution in [0.3, 0.4) is 0 Å². The van der Waals surface area contributed by atoms with E-state index in [9.17, 15) is 13.2 Å². The van der Waals surface area contributed by atoms with Crippen molar-refractivity contribution in [3.63, 3.8) is 0 Å². The molecular formula is C18H22ClN7O3S. The maximum atomic E-state index is 13.1. The second kappa shape index (κ2) is 8.60. The summed E-state index contributed by atoms with van der Waals surface area (Å²) in [4.78, 5) is 33.7. The van der Waals surface area contributed by atoms with Gasteiger partial charge in [0.1, 0.15) is 16.2 Å². The SMILES string of the molecule is CCS(=O)(=O)c1cnc(CNc2nc3cnc(Cl)nc3n([C@H](C)C(C)C)c2=O)nc1. The van der Waals surface area contributed by atoms with Crippen LogP contribution in [0.15, 0.2) is 28.3 Å². The van der Waals surface area contributed by atoms with Crippen molar-refractivity contribution in [1.29, 1.82) is 0 Å². The zero-order valence-electron chi connectivity index (χ0n) is 17.0. The number of nitrogens with one attached hydrogen (secondary N) is 1. The highest BCUT2D eigenvalue weighted by molar-refractivity contribution is 7.91. The van der Waals surface area contributed by atoms with E-state index in [0.29, 0.717) is 17.0 Å². The molecule has 0 aliphatic rings. The van der Waals surface area contributed by atoms with Crippen LogP contribution >= 0.6 is 11.6 Å². The Kier molecular flexibility index (Phi) is 6.32. The molecule has 3 aromatic rings. The van der Waals surface area contributed by atoms with Crippen LogP contribution in [0, 0.1) is 5.92 Å². The Hall–Kier alpha value is -2.66. The Bertz CT molecular complexity index is 1230. The first kappa shape index (κ1) is 22.0. The lowest BCUT2D eigenvalue weighted by molar-refractivity contribution is 0.406. The Morgan fingerprint density at radius 3 is 2.37 bits per heavy atom. The minimum absolute atomic E-state index is 0.0321. The lowest BCUT2D eigenvalue weighted by atomic mass is 10.1. The fraction of sp³-hybridized carbons (Fsp3) is 0.444. The number of halogens is 1. The molecule has 0 aromatic carbocycles. The van der Waals surface area contributed by atoms with Crippen LogP contribution in [0.1, 0.15) is 39.6 Å². The maximum Gasteiger partial charge on any atom is 0.295 e. The topological polar surface area (TPSA) is 133 Å². The summed E-state index contributed by atoms with van der Waals surface area (Å²) in [5.74, 6) is 0.539. The van der Waals surface area contributed by atoms with Gasteiger partial charge in [-0.25, -0.2) is 28.4 Å². The van der Waals surface area contributed by atoms with Crippen molar-refractivity contribution in [3.05, 3.63) is 40.1 Å². The van der Waals surface area contributed by atoms with Gasteiger partial charge in [-0.1, -0.05) is 20.8 Å². The summed E-state index contributed by atoms with van der Waals surface area (Å²) in [6.07, 6.45) is 3.97. The van der Waals surface area contributed by atoms with E-state index in [1.54, 1.807) is 11.5 Å². The summed E-state index contributed by atoms with van der Waals surface area (Å²) in [7, 11) is -3.38. The van der Waals surface area contributed by atoms with Crippen LogP contribution in [-0.2, 0) is 16.4 Å². The predicted molar refractivity (Wildman–Crippen MR) is 113 cm³/mol. The van der Waals surface area contributed by atoms with Gasteiger partial charge in [0, 0.05) is 18.4 Å². The molecule has 160 valence electrons. The molecule has 0 aliphatic heterocycles. The molecule has 1 atom stereocenters. The first-order valence-corrected chi connectivity index (χ1v) is 11.4. The van der Waals surface area contributed by atoms with Crippen molar-refractivity contribution in [3.8, 4) is 0 Å². The van der Waals surface area contributed by atoms with Gasteiger partial charge in [0.25, 0.3) is 5.56 Å². The smallest absolute Gasteiger partial charge is 0.295 e. The third kappa shape index (κ3) is 4.41. The molecule has 10 nitrogen and oxygen atoms in total. The van der Waals surface area contributed by atoms with E-state index in [1.165, 1.54) is 18.6 Å². The van der Waals surface area contributed by atoms with Gasteiger partial charge in [-0.15, -0.1) is 0 Å². The van der Waals surface area contributed by atoms with E-state index in [2.05, 4.69) is 30.2 Å². The average Bonchev–Trinajstić information content (AvgIpc) is 2.72. The van der Waals surface area contributed by atoms with E-state index in [1.807, 2.05) is 20.8 Å². The zero-order valence-corrected chi connectivity index (χ0v) is 18.6. The number of hydrogen-bond acceptors (Lipinski definition) is 9. The minimum Gasteiger partial charge on any atom is -0.358 e. The second-order valence-corrected chi connectivity index (χ2v) is 9.68. The van der Waals surface area contributed by atoms with Gasteiger partial charge in [0.2, 0.25) is 5.28 Å². The minimum atomic E-state index is -3.38. The molecule has 0 amide bonds. The first-order chi connectivity index (χ1) is 14.1. The molecule has 12 heteroatoms. The second-order valence-electron chi connectivity index (χ2n) is 7.06. The van der Waals surface area contributed by atoms with Gasteiger partial charge in [0.15, 0.2) is 21.3 Å². The van der Waals surface area contributed by atoms with Crippen LogP contribution in [0.4, 0.5) is 5.82 Å². The normalized spacial score (nSPS) is 13.0. The van der Waals surface area contributed by atoms with Crippen molar-refractivity contribution in [2.75, 3.05) is 11.1 Å². The molecule has 0 aliphatic carbocycles. The fourth-order valence-corrected chi connectivity index (χ4v) is 3.58. The lowest BCUT2D eigenvalue weighted by Gasteiger charge is -2.21. The molecule has 0 bridgehead atoms. The summed E-state index contributed by atoms with van der Waals surface area (Å²) in [5, 5.41) is 2.97. The third-order valence-electron chi connectivity index (χ3n) is 4.81. The van der Waals surface area contributed by atoms with Crippen molar-refractivity contribution >= 4 is 38.4 Å². The Morgan fingerprint density at radius 2 is 1.77 bits per heavy atom. The molecular weight excluding hydrogens is 430 g/mol. The summed E-state index contributed by atoms with van der Waals surface area (Å²) in [5.41, 5.74) is 0.417. The van der Waals surface area contributed by atoms with Gasteiger partial charge < -0.3 is 5.32 Å². The molecule has 0 radical (unpaired) electrons. The number of sulfone groups is 1. The van der Waals surface area contributed by atoms with Gasteiger partial charge >= 0.3 is 0 Å². The monoisotopic (exact) mass is 451 g/mol. The van der Waals surface area contributed by atoms with Gasteiger partial charge in [-0.2, -0.15) is 4.98 Å². The number of fused-ring (bicyclic) bond motifs is 1. The summed E-state index contributed by atoms with van der Waals surface area (Å²) >= 11 is 5.92. The van der Waals surface area contributed by atoms with Crippen molar-refractivity contribution < 1.29 is 8.42 Å². The lowest BCUT2D eigenvalue weighted by Crippen LogP contribution is -2.30. The number of hydrogen-bond donors (Lipinski definition) is 1. The molecule has 3 aromatic heterocycles. The summed E-state index contributed by atoms with van der Waals surface area (Å²) in [6.45, 7) is 7.56. The number of rotatable bonds is 7. The number of nitrogens with zero attached hydrogens (tertiary/aromatic N) is 6. The van der Waals surface area contributed by atoms with Crippen molar-refractivity contribution in [2.45, 2.75) is 45.2 Å². The molecule has 0 unspecified atom stereocenters. The molecule has 30 heavy (non-hydrogen) atoms. The van der Waals surface area contributed by atoms with Crippen molar-refractivity contribution in [1.82, 2.24) is 29.5 Å². The zero-order chi connectivity index (χ0) is 22.1. The van der Waals surface area contributed by atoms with Crippen LogP contribution in [-0.4, -0.2) is 43.7 Å². The average molecular weight is 452 g/mol. The van der Waals surface area contributed by atoms with Gasteiger partial charge in [0.05, 0.1) is 18.5 Å². The largest absolute Gasteiger partial charge is 0.358 e. The predicted octanol–water partition coefficient (Wildman–Crippen LogP) is 2.25.